The van der Waals surface area contributed by atoms with Crippen LogP contribution in [0.4, 0.5) is 0 Å². The third-order valence-corrected chi connectivity index (χ3v) is 20.0. The molecule has 10 aromatic heterocycles. The van der Waals surface area contributed by atoms with E-state index in [0.717, 1.165) is 194 Å². The van der Waals surface area contributed by atoms with Crippen LogP contribution < -0.4 is 5.32 Å². The number of aryl methyl sites for hydroxylation is 4. The number of aromatic nitrogens is 12. The third kappa shape index (κ3) is 13.2. The molecule has 19 rings (SSSR count). The SMILES string of the molecule is CC1CCCN1.CS(=O)(=O)OCCc1cc2cc(-c3c4c(nc5ccnn35)CCC4)ccc2o1.OCCc1cc2cc(-c3c4c(nc5ccnn35)CCC4)ccc2o1.Oc1ccc(-c2c3c(nc4ccnn24)CCC3)cc1.Oc1ccc(-c2c3c(nc4ccnn24)CCC3)cc1I. The number of halogens is 1. The summed E-state index contributed by atoms with van der Waals surface area (Å²) in [6.45, 7) is 3.63. The fraction of sp³-hybridized carbons (Fsp3) is 0.297. The van der Waals surface area contributed by atoms with E-state index >= 15 is 0 Å². The summed E-state index contributed by atoms with van der Waals surface area (Å²) in [7, 11) is -3.45. The molecule has 11 heterocycles. The van der Waals surface area contributed by atoms with Gasteiger partial charge in [0.25, 0.3) is 10.1 Å². The topological polar surface area (TPSA) is 263 Å². The van der Waals surface area contributed by atoms with Crippen molar-refractivity contribution in [3.63, 3.8) is 0 Å². The Bertz CT molecular complexity index is 5370. The van der Waals surface area contributed by atoms with Gasteiger partial charge in [-0.15, -0.1) is 0 Å². The maximum Gasteiger partial charge on any atom is 0.264 e. The van der Waals surface area contributed by atoms with Crippen molar-refractivity contribution >= 4 is 77.2 Å². The molecule has 21 nitrogen and oxygen atoms in total. The molecule has 5 aliphatic rings. The number of nitrogens with one attached hydrogen (secondary N) is 1. The van der Waals surface area contributed by atoms with Crippen LogP contribution in [0.15, 0.2) is 149 Å². The van der Waals surface area contributed by atoms with Crippen LogP contribution in [0.5, 0.6) is 11.5 Å². The molecule has 4 N–H and O–H groups in total. The Labute approximate surface area is 572 Å². The van der Waals surface area contributed by atoms with Crippen molar-refractivity contribution in [3.05, 3.63) is 200 Å². The summed E-state index contributed by atoms with van der Waals surface area (Å²) >= 11 is 2.15. The van der Waals surface area contributed by atoms with E-state index in [2.05, 4.69) is 78.4 Å². The number of phenols is 2. The van der Waals surface area contributed by atoms with Gasteiger partial charge in [-0.1, -0.05) is 0 Å². The quantitative estimate of drug-likeness (QED) is 0.0732. The van der Waals surface area contributed by atoms with Gasteiger partial charge in [0.2, 0.25) is 0 Å². The normalized spacial score (nSPS) is 15.2. The number of rotatable bonds is 10. The zero-order valence-corrected chi connectivity index (χ0v) is 56.8. The van der Waals surface area contributed by atoms with Gasteiger partial charge in [0.15, 0.2) is 22.6 Å². The summed E-state index contributed by atoms with van der Waals surface area (Å²) in [5.74, 6) is 2.11. The number of aromatic hydroxyl groups is 2. The summed E-state index contributed by atoms with van der Waals surface area (Å²) in [4.78, 5) is 18.8. The first-order chi connectivity index (χ1) is 47.3. The molecular formula is C74H72IN13O8S. The molecule has 4 aliphatic carbocycles. The van der Waals surface area contributed by atoms with Gasteiger partial charge in [-0.3, -0.25) is 4.18 Å². The molecule has 0 radical (unpaired) electrons. The molecule has 97 heavy (non-hydrogen) atoms. The summed E-state index contributed by atoms with van der Waals surface area (Å²) in [6, 6.07) is 37.8. The molecule has 0 amide bonds. The Kier molecular flexibility index (Phi) is 17.9. The number of phenolic OH excluding ortho intramolecular Hbond substituents is 2. The molecule has 1 fully saturated rings. The zero-order chi connectivity index (χ0) is 66.3. The number of furan rings is 2. The molecule has 14 aromatic rings. The molecule has 1 aliphatic heterocycles. The van der Waals surface area contributed by atoms with Crippen molar-refractivity contribution in [1.29, 1.82) is 0 Å². The van der Waals surface area contributed by atoms with E-state index in [1.165, 1.54) is 58.7 Å². The second kappa shape index (κ2) is 27.2. The standard InChI is InChI=1S/C20H19N3O4S.C19H17N3O2.C15H12IN3O.C15H13N3O.C5H11N/c1-28(24,25)26-10-8-15-12-14-11-13(5-6-18(14)27-15)20-16-3-2-4-17(16)22-19-7-9-21-23(19)20;23-9-7-14-11-13-10-12(4-5-17(13)24-14)19-15-2-1-3-16(15)21-18-6-8-20-22(18)19;16-11-8-9(4-5-13(11)20)15-10-2-1-3-12(10)18-14-6-7-17-19(14)15;19-11-6-4-10(5-7-11)15-12-2-1-3-13(12)17-14-8-9-16-18(14)15;1-5-3-2-4-6-5/h5-7,9,11-12H,2-4,8,10H2,1H3;4-6,8,10-11,23H,1-3,7,9H2;4-8,20H,1-3H2;4-9,19H,1-3H2;5-6H,2-4H2,1H3. The van der Waals surface area contributed by atoms with Crippen LogP contribution in [0, 0.1) is 3.57 Å². The predicted octanol–water partition coefficient (Wildman–Crippen LogP) is 12.9. The molecule has 1 unspecified atom stereocenters. The van der Waals surface area contributed by atoms with Crippen molar-refractivity contribution in [2.24, 2.45) is 0 Å². The van der Waals surface area contributed by atoms with Crippen LogP contribution in [0.3, 0.4) is 0 Å². The Morgan fingerprint density at radius 2 is 0.918 bits per heavy atom. The first-order valence-electron chi connectivity index (χ1n) is 33.2. The van der Waals surface area contributed by atoms with Crippen LogP contribution in [0.25, 0.3) is 89.6 Å². The average molecular weight is 1430 g/mol. The van der Waals surface area contributed by atoms with Gasteiger partial charge in [-0.25, -0.2) is 38.0 Å². The van der Waals surface area contributed by atoms with E-state index in [1.807, 2.05) is 96.9 Å². The van der Waals surface area contributed by atoms with E-state index < -0.39 is 10.1 Å². The lowest BCUT2D eigenvalue weighted by Crippen LogP contribution is -2.16. The Hall–Kier alpha value is -9.40. The van der Waals surface area contributed by atoms with Gasteiger partial charge in [0.05, 0.1) is 70.6 Å². The van der Waals surface area contributed by atoms with Crippen molar-refractivity contribution in [2.75, 3.05) is 26.0 Å². The fourth-order valence-electron chi connectivity index (χ4n) is 14.2. The van der Waals surface area contributed by atoms with Gasteiger partial charge in [-0.2, -0.15) is 28.8 Å². The third-order valence-electron chi connectivity index (χ3n) is 18.6. The summed E-state index contributed by atoms with van der Waals surface area (Å²) in [6.07, 6.45) is 24.7. The lowest BCUT2D eigenvalue weighted by atomic mass is 10.0. The first kappa shape index (κ1) is 63.6. The van der Waals surface area contributed by atoms with E-state index in [0.29, 0.717) is 24.4 Å². The average Bonchev–Trinajstić information content (AvgIpc) is 2.03. The molecular weight excluding hydrogens is 1360 g/mol. The molecule has 1 saturated heterocycles. The monoisotopic (exact) mass is 1430 g/mol. The smallest absolute Gasteiger partial charge is 0.264 e. The number of hydrogen-bond acceptors (Lipinski definition) is 17. The number of aliphatic hydroxyl groups is 1. The minimum Gasteiger partial charge on any atom is -0.508 e. The molecule has 0 spiro atoms. The molecule has 0 saturated carbocycles. The second-order valence-corrected chi connectivity index (χ2v) is 28.1. The van der Waals surface area contributed by atoms with Crippen molar-refractivity contribution in [1.82, 2.24) is 63.7 Å². The van der Waals surface area contributed by atoms with Crippen molar-refractivity contribution in [3.8, 4) is 56.5 Å². The Balaban J connectivity index is 0.000000104. The van der Waals surface area contributed by atoms with E-state index in [9.17, 15) is 18.6 Å². The summed E-state index contributed by atoms with van der Waals surface area (Å²) in [5, 5.41) is 51.4. The zero-order valence-electron chi connectivity index (χ0n) is 53.8. The van der Waals surface area contributed by atoms with Crippen LogP contribution in [0.2, 0.25) is 0 Å². The largest absolute Gasteiger partial charge is 0.508 e. The summed E-state index contributed by atoms with van der Waals surface area (Å²) < 4.78 is 47.1. The molecule has 23 heteroatoms. The second-order valence-electron chi connectivity index (χ2n) is 25.3. The minimum absolute atomic E-state index is 0.0668. The molecule has 0 bridgehead atoms. The van der Waals surface area contributed by atoms with Gasteiger partial charge >= 0.3 is 0 Å². The molecule has 1 atom stereocenters. The van der Waals surface area contributed by atoms with Gasteiger partial charge in [-0.05, 0) is 217 Å². The van der Waals surface area contributed by atoms with Crippen molar-refractivity contribution in [2.45, 2.75) is 116 Å². The number of fused-ring (bicyclic) bond motifs is 10. The van der Waals surface area contributed by atoms with Crippen LogP contribution in [-0.4, -0.2) is 114 Å². The highest BCUT2D eigenvalue weighted by molar-refractivity contribution is 14.1. The Morgan fingerprint density at radius 3 is 1.30 bits per heavy atom. The summed E-state index contributed by atoms with van der Waals surface area (Å²) in [5.41, 5.74) is 23.9. The number of benzene rings is 4. The molecule has 4 aromatic carbocycles. The lowest BCUT2D eigenvalue weighted by Gasteiger charge is -2.11. The van der Waals surface area contributed by atoms with E-state index in [1.54, 1.807) is 43.0 Å². The highest BCUT2D eigenvalue weighted by atomic mass is 127. The predicted molar refractivity (Wildman–Crippen MR) is 379 cm³/mol. The van der Waals surface area contributed by atoms with Crippen molar-refractivity contribution < 1.29 is 36.8 Å². The van der Waals surface area contributed by atoms with Crippen LogP contribution in [0.1, 0.15) is 102 Å². The van der Waals surface area contributed by atoms with E-state index in [4.69, 9.17) is 33.1 Å². The number of nitrogens with zero attached hydrogens (tertiary/aromatic N) is 12. The highest BCUT2D eigenvalue weighted by Crippen LogP contribution is 2.39. The number of hydrogen-bond donors (Lipinski definition) is 4. The van der Waals surface area contributed by atoms with Gasteiger partial charge in [0.1, 0.15) is 34.2 Å². The Morgan fingerprint density at radius 1 is 0.515 bits per heavy atom. The maximum atomic E-state index is 11.1. The van der Waals surface area contributed by atoms with E-state index in [-0.39, 0.29) is 19.0 Å². The fourth-order valence-corrected chi connectivity index (χ4v) is 15.1. The highest BCUT2D eigenvalue weighted by Gasteiger charge is 2.26. The van der Waals surface area contributed by atoms with Crippen LogP contribution in [-0.2, 0) is 78.5 Å². The molecule has 494 valence electrons. The van der Waals surface area contributed by atoms with Gasteiger partial charge < -0.3 is 29.5 Å². The lowest BCUT2D eigenvalue weighted by molar-refractivity contribution is 0.289. The maximum absolute atomic E-state index is 11.1. The number of aliphatic hydroxyl groups excluding tert-OH is 1. The van der Waals surface area contributed by atoms with Crippen LogP contribution >= 0.6 is 22.6 Å². The minimum atomic E-state index is -3.45. The van der Waals surface area contributed by atoms with Gasteiger partial charge in [0, 0.05) is 121 Å². The first-order valence-corrected chi connectivity index (χ1v) is 36.1.